The number of benzene rings is 2. The summed E-state index contributed by atoms with van der Waals surface area (Å²) in [4.78, 5) is 15.2. The fraction of sp³-hybridized carbons (Fsp3) is 0.348. The number of azo groups is 1. The van der Waals surface area contributed by atoms with E-state index in [2.05, 4.69) is 15.5 Å². The molecule has 1 aromatic heterocycles. The van der Waals surface area contributed by atoms with E-state index in [4.69, 9.17) is 18.3 Å². The van der Waals surface area contributed by atoms with Crippen molar-refractivity contribution in [1.82, 2.24) is 4.98 Å². The molecule has 0 saturated carbocycles. The van der Waals surface area contributed by atoms with E-state index in [-0.39, 0.29) is 5.69 Å². The summed E-state index contributed by atoms with van der Waals surface area (Å²) in [7, 11) is -2.77. The summed E-state index contributed by atoms with van der Waals surface area (Å²) in [5.41, 5.74) is 2.13. The van der Waals surface area contributed by atoms with Crippen molar-refractivity contribution >= 4 is 41.6 Å². The van der Waals surface area contributed by atoms with Gasteiger partial charge in [0.1, 0.15) is 5.69 Å². The van der Waals surface area contributed by atoms with Crippen molar-refractivity contribution in [3.05, 3.63) is 64.7 Å². The van der Waals surface area contributed by atoms with Crippen molar-refractivity contribution < 1.29 is 18.2 Å². The zero-order valence-electron chi connectivity index (χ0n) is 20.0. The topological polar surface area (TPSA) is 120 Å². The average molecular weight is 516 g/mol. The predicted molar refractivity (Wildman–Crippen MR) is 139 cm³/mol. The van der Waals surface area contributed by atoms with E-state index in [9.17, 15) is 10.1 Å². The zero-order valence-corrected chi connectivity index (χ0v) is 21.8. The minimum absolute atomic E-state index is 0.00369. The lowest BCUT2D eigenvalue weighted by Crippen LogP contribution is -2.47. The quantitative estimate of drug-likeness (QED) is 0.111. The first-order chi connectivity index (χ1) is 17.0. The molecule has 35 heavy (non-hydrogen) atoms. The van der Waals surface area contributed by atoms with Crippen LogP contribution in [0.1, 0.15) is 20.8 Å². The zero-order chi connectivity index (χ0) is 25.1. The summed E-state index contributed by atoms with van der Waals surface area (Å²) in [6, 6.07) is 16.2. The third-order valence-corrected chi connectivity index (χ3v) is 8.72. The Hall–Kier alpha value is -3.03. The van der Waals surface area contributed by atoms with E-state index in [0.717, 1.165) is 5.56 Å². The van der Waals surface area contributed by atoms with Crippen molar-refractivity contribution in [3.8, 4) is 11.3 Å². The SMILES string of the molecule is CCO[Si](CCNc1nc(-c2ccccc2)c(N=Nc2ccc([N+](=O)[O-])cc2)s1)(OCC)OCC. The second kappa shape index (κ2) is 13.2. The Kier molecular flexibility index (Phi) is 9.99. The number of rotatable bonds is 14. The molecule has 0 saturated heterocycles. The molecule has 2 aromatic carbocycles. The number of non-ortho nitro benzene ring substituents is 1. The summed E-state index contributed by atoms with van der Waals surface area (Å²) < 4.78 is 17.8. The van der Waals surface area contributed by atoms with Crippen LogP contribution in [-0.2, 0) is 13.3 Å². The van der Waals surface area contributed by atoms with Crippen molar-refractivity contribution in [1.29, 1.82) is 0 Å². The molecule has 0 amide bonds. The Morgan fingerprint density at radius 2 is 1.60 bits per heavy atom. The molecule has 1 N–H and O–H groups in total. The molecule has 3 rings (SSSR count). The molecule has 10 nitrogen and oxygen atoms in total. The van der Waals surface area contributed by atoms with Gasteiger partial charge in [-0.15, -0.1) is 10.2 Å². The molecule has 186 valence electrons. The van der Waals surface area contributed by atoms with Gasteiger partial charge in [-0.05, 0) is 32.9 Å². The number of hydrogen-bond acceptors (Lipinski definition) is 10. The van der Waals surface area contributed by atoms with Crippen LogP contribution in [0.3, 0.4) is 0 Å². The van der Waals surface area contributed by atoms with Crippen molar-refractivity contribution in [2.24, 2.45) is 10.2 Å². The number of nitro benzene ring substituents is 1. The van der Waals surface area contributed by atoms with Crippen LogP contribution < -0.4 is 5.32 Å². The largest absolute Gasteiger partial charge is 0.502 e. The van der Waals surface area contributed by atoms with E-state index >= 15 is 0 Å². The Labute approximate surface area is 209 Å². The highest BCUT2D eigenvalue weighted by molar-refractivity contribution is 7.19. The molecule has 0 bridgehead atoms. The lowest BCUT2D eigenvalue weighted by Gasteiger charge is -2.28. The van der Waals surface area contributed by atoms with Gasteiger partial charge < -0.3 is 18.6 Å². The highest BCUT2D eigenvalue weighted by Crippen LogP contribution is 2.39. The number of anilines is 1. The maximum Gasteiger partial charge on any atom is 0.502 e. The summed E-state index contributed by atoms with van der Waals surface area (Å²) in [5.74, 6) is 0. The molecule has 0 atom stereocenters. The van der Waals surface area contributed by atoms with Crippen LogP contribution in [0.2, 0.25) is 6.04 Å². The predicted octanol–water partition coefficient (Wildman–Crippen LogP) is 6.59. The standard InChI is InChI=1S/C23H29N5O5SSi/c1-4-31-35(32-5-2,33-6-3)17-16-24-23-25-21(18-10-8-7-9-11-18)22(34-23)27-26-19-12-14-20(15-13-19)28(29)30/h7-15H,4-6,16-17H2,1-3H3,(H,24,25). The summed E-state index contributed by atoms with van der Waals surface area (Å²) in [6.07, 6.45) is 0. The van der Waals surface area contributed by atoms with E-state index in [1.54, 1.807) is 12.1 Å². The molecule has 3 aromatic rings. The van der Waals surface area contributed by atoms with Crippen LogP contribution in [0.5, 0.6) is 0 Å². The average Bonchev–Trinajstić information content (AvgIpc) is 3.27. The van der Waals surface area contributed by atoms with Crippen LogP contribution in [-0.4, -0.2) is 45.1 Å². The highest BCUT2D eigenvalue weighted by Gasteiger charge is 2.39. The Morgan fingerprint density at radius 3 is 2.17 bits per heavy atom. The number of hydrogen-bond donors (Lipinski definition) is 1. The molecule has 0 aliphatic carbocycles. The fourth-order valence-corrected chi connectivity index (χ4v) is 6.58. The molecular weight excluding hydrogens is 486 g/mol. The monoisotopic (exact) mass is 515 g/mol. The highest BCUT2D eigenvalue weighted by atomic mass is 32.1. The van der Waals surface area contributed by atoms with E-state index < -0.39 is 13.7 Å². The molecule has 0 unspecified atom stereocenters. The van der Waals surface area contributed by atoms with Gasteiger partial charge in [-0.1, -0.05) is 41.7 Å². The van der Waals surface area contributed by atoms with Crippen molar-refractivity contribution in [2.75, 3.05) is 31.7 Å². The Bertz CT molecular complexity index is 1090. The maximum absolute atomic E-state index is 10.9. The molecule has 0 spiro atoms. The lowest BCUT2D eigenvalue weighted by atomic mass is 10.2. The number of nitro groups is 1. The number of nitrogens with one attached hydrogen (secondary N) is 1. The van der Waals surface area contributed by atoms with Crippen LogP contribution in [0.15, 0.2) is 64.8 Å². The molecule has 0 aliphatic rings. The molecule has 0 aliphatic heterocycles. The van der Waals surface area contributed by atoms with Gasteiger partial charge in [-0.25, -0.2) is 4.98 Å². The first-order valence-corrected chi connectivity index (χ1v) is 14.1. The molecule has 12 heteroatoms. The van der Waals surface area contributed by atoms with Gasteiger partial charge >= 0.3 is 8.80 Å². The molecule has 1 heterocycles. The summed E-state index contributed by atoms with van der Waals surface area (Å²) in [5, 5.41) is 24.2. The minimum atomic E-state index is -2.77. The van der Waals surface area contributed by atoms with Crippen LogP contribution in [0, 0.1) is 10.1 Å². The minimum Gasteiger partial charge on any atom is -0.374 e. The summed E-state index contributed by atoms with van der Waals surface area (Å²) >= 11 is 1.37. The number of aromatic nitrogens is 1. The molecule has 0 fully saturated rings. The van der Waals surface area contributed by atoms with E-state index in [0.29, 0.717) is 53.9 Å². The third kappa shape index (κ3) is 7.47. The van der Waals surface area contributed by atoms with E-state index in [1.165, 1.54) is 23.5 Å². The second-order valence-electron chi connectivity index (χ2n) is 7.17. The third-order valence-electron chi connectivity index (χ3n) is 4.77. The van der Waals surface area contributed by atoms with Crippen molar-refractivity contribution in [3.63, 3.8) is 0 Å². The molecule has 0 radical (unpaired) electrons. The lowest BCUT2D eigenvalue weighted by molar-refractivity contribution is -0.384. The normalized spacial score (nSPS) is 11.7. The van der Waals surface area contributed by atoms with Crippen LogP contribution in [0.4, 0.5) is 21.5 Å². The van der Waals surface area contributed by atoms with Crippen LogP contribution >= 0.6 is 11.3 Å². The van der Waals surface area contributed by atoms with E-state index in [1.807, 2.05) is 51.1 Å². The van der Waals surface area contributed by atoms with Gasteiger partial charge in [0.05, 0.1) is 10.6 Å². The smallest absolute Gasteiger partial charge is 0.374 e. The van der Waals surface area contributed by atoms with Crippen LogP contribution in [0.25, 0.3) is 11.3 Å². The first kappa shape index (κ1) is 26.6. The van der Waals surface area contributed by atoms with Gasteiger partial charge in [-0.3, -0.25) is 10.1 Å². The summed E-state index contributed by atoms with van der Waals surface area (Å²) in [6.45, 7) is 7.93. The number of nitrogens with zero attached hydrogens (tertiary/aromatic N) is 4. The van der Waals surface area contributed by atoms with Gasteiger partial charge in [-0.2, -0.15) is 0 Å². The van der Waals surface area contributed by atoms with Gasteiger partial charge in [0, 0.05) is 50.1 Å². The molecular formula is C23H29N5O5SSi. The first-order valence-electron chi connectivity index (χ1n) is 11.4. The van der Waals surface area contributed by atoms with Gasteiger partial charge in [0.15, 0.2) is 10.1 Å². The van der Waals surface area contributed by atoms with Crippen molar-refractivity contribution in [2.45, 2.75) is 26.8 Å². The maximum atomic E-state index is 10.9. The van der Waals surface area contributed by atoms with Gasteiger partial charge in [0.25, 0.3) is 5.69 Å². The van der Waals surface area contributed by atoms with Gasteiger partial charge in [0.2, 0.25) is 0 Å². The second-order valence-corrected chi connectivity index (χ2v) is 10.9. The fourth-order valence-electron chi connectivity index (χ4n) is 3.31. The Balaban J connectivity index is 1.80. The number of thiazole rings is 1. The Morgan fingerprint density at radius 1 is 0.971 bits per heavy atom.